The van der Waals surface area contributed by atoms with Crippen LogP contribution in [0.15, 0.2) is 65.0 Å². The van der Waals surface area contributed by atoms with E-state index in [-0.39, 0.29) is 11.3 Å². The van der Waals surface area contributed by atoms with E-state index >= 15 is 0 Å². The second kappa shape index (κ2) is 8.75. The number of nitrogens with one attached hydrogen (secondary N) is 2. The Morgan fingerprint density at radius 3 is 2.46 bits per heavy atom. The smallest absolute Gasteiger partial charge is 0.230 e. The minimum Gasteiger partial charge on any atom is -0.356 e. The third kappa shape index (κ3) is 4.91. The number of benzene rings is 2. The van der Waals surface area contributed by atoms with E-state index in [4.69, 9.17) is 0 Å². The van der Waals surface area contributed by atoms with E-state index in [2.05, 4.69) is 57.2 Å². The lowest BCUT2D eigenvalue weighted by molar-refractivity contribution is -0.118. The molecule has 1 saturated carbocycles. The van der Waals surface area contributed by atoms with Crippen LogP contribution >= 0.6 is 23.1 Å². The van der Waals surface area contributed by atoms with Crippen LogP contribution in [0.3, 0.4) is 0 Å². The van der Waals surface area contributed by atoms with Crippen molar-refractivity contribution >= 4 is 34.1 Å². The molecule has 0 unspecified atom stereocenters. The number of amides is 1. The van der Waals surface area contributed by atoms with E-state index < -0.39 is 0 Å². The Morgan fingerprint density at radius 2 is 1.75 bits per heavy atom. The molecule has 28 heavy (non-hydrogen) atoms. The van der Waals surface area contributed by atoms with Gasteiger partial charge in [-0.05, 0) is 24.0 Å². The van der Waals surface area contributed by atoms with Crippen LogP contribution in [0.1, 0.15) is 24.0 Å². The van der Waals surface area contributed by atoms with Gasteiger partial charge in [-0.15, -0.1) is 10.2 Å². The van der Waals surface area contributed by atoms with E-state index in [1.165, 1.54) is 34.2 Å². The Balaban J connectivity index is 1.21. The van der Waals surface area contributed by atoms with Crippen molar-refractivity contribution in [3.05, 3.63) is 71.8 Å². The summed E-state index contributed by atoms with van der Waals surface area (Å²) in [4.78, 5) is 12.2. The van der Waals surface area contributed by atoms with Gasteiger partial charge in [0, 0.05) is 18.5 Å². The van der Waals surface area contributed by atoms with Crippen molar-refractivity contribution < 1.29 is 4.79 Å². The van der Waals surface area contributed by atoms with Crippen molar-refractivity contribution in [3.8, 4) is 0 Å². The first-order valence-corrected chi connectivity index (χ1v) is 11.1. The molecule has 3 aromatic rings. The van der Waals surface area contributed by atoms with Crippen LogP contribution in [-0.2, 0) is 16.8 Å². The molecule has 1 amide bonds. The van der Waals surface area contributed by atoms with E-state index in [9.17, 15) is 4.79 Å². The normalized spacial score (nSPS) is 14.4. The number of carbonyl (C=O) groups is 1. The minimum atomic E-state index is 0.0428. The molecule has 2 aromatic carbocycles. The summed E-state index contributed by atoms with van der Waals surface area (Å²) in [5.74, 6) is 0.402. The van der Waals surface area contributed by atoms with Crippen LogP contribution in [0.4, 0.5) is 5.13 Å². The lowest BCUT2D eigenvalue weighted by Gasteiger charge is -2.16. The highest BCUT2D eigenvalue weighted by atomic mass is 32.2. The molecule has 144 valence electrons. The lowest BCUT2D eigenvalue weighted by atomic mass is 9.96. The maximum atomic E-state index is 12.2. The number of aromatic nitrogens is 2. The fourth-order valence-corrected chi connectivity index (χ4v) is 4.65. The molecule has 7 heteroatoms. The fraction of sp³-hybridized carbons (Fsp3) is 0.286. The number of anilines is 1. The molecular formula is C21H22N4OS2. The van der Waals surface area contributed by atoms with Crippen LogP contribution in [0.25, 0.3) is 0 Å². The van der Waals surface area contributed by atoms with Gasteiger partial charge in [-0.3, -0.25) is 4.79 Å². The second-order valence-corrected chi connectivity index (χ2v) is 9.12. The highest BCUT2D eigenvalue weighted by Gasteiger charge is 2.44. The maximum absolute atomic E-state index is 12.2. The summed E-state index contributed by atoms with van der Waals surface area (Å²) in [7, 11) is 0. The quantitative estimate of drug-likeness (QED) is 0.520. The molecule has 1 aromatic heterocycles. The second-order valence-electron chi connectivity index (χ2n) is 6.92. The summed E-state index contributed by atoms with van der Waals surface area (Å²) in [5.41, 5.74) is 2.65. The van der Waals surface area contributed by atoms with Gasteiger partial charge in [-0.25, -0.2) is 0 Å². The average Bonchev–Trinajstić information content (AvgIpc) is 3.41. The van der Waals surface area contributed by atoms with Gasteiger partial charge < -0.3 is 10.6 Å². The molecule has 1 fully saturated rings. The lowest BCUT2D eigenvalue weighted by Crippen LogP contribution is -2.33. The number of thioether (sulfide) groups is 1. The molecule has 2 N–H and O–H groups in total. The minimum absolute atomic E-state index is 0.0428. The first kappa shape index (κ1) is 19.0. The Morgan fingerprint density at radius 1 is 1.04 bits per heavy atom. The molecule has 4 rings (SSSR count). The first-order valence-electron chi connectivity index (χ1n) is 9.30. The highest BCUT2D eigenvalue weighted by molar-refractivity contribution is 8.01. The first-order chi connectivity index (χ1) is 13.7. The Hall–Kier alpha value is -2.38. The topological polar surface area (TPSA) is 66.9 Å². The van der Waals surface area contributed by atoms with Gasteiger partial charge in [0.2, 0.25) is 11.0 Å². The van der Waals surface area contributed by atoms with Crippen molar-refractivity contribution in [1.29, 1.82) is 0 Å². The van der Waals surface area contributed by atoms with Crippen LogP contribution in [0.5, 0.6) is 0 Å². The predicted octanol–water partition coefficient (Wildman–Crippen LogP) is 4.09. The van der Waals surface area contributed by atoms with E-state index in [0.29, 0.717) is 18.8 Å². The van der Waals surface area contributed by atoms with E-state index in [1.807, 2.05) is 24.3 Å². The van der Waals surface area contributed by atoms with Crippen LogP contribution in [0.2, 0.25) is 0 Å². The third-order valence-electron chi connectivity index (χ3n) is 4.88. The van der Waals surface area contributed by atoms with Crippen LogP contribution in [0, 0.1) is 0 Å². The summed E-state index contributed by atoms with van der Waals surface area (Å²) in [6.07, 6.45) is 2.27. The largest absolute Gasteiger partial charge is 0.356 e. The summed E-state index contributed by atoms with van der Waals surface area (Å²) >= 11 is 2.91. The Labute approximate surface area is 173 Å². The van der Waals surface area contributed by atoms with Crippen LogP contribution in [-0.4, -0.2) is 28.4 Å². The zero-order chi connectivity index (χ0) is 19.2. The number of hydrogen-bond acceptors (Lipinski definition) is 6. The predicted molar refractivity (Wildman–Crippen MR) is 115 cm³/mol. The molecular weight excluding hydrogens is 388 g/mol. The number of carbonyl (C=O) groups excluding carboxylic acids is 1. The zero-order valence-corrected chi connectivity index (χ0v) is 17.1. The average molecular weight is 411 g/mol. The van der Waals surface area contributed by atoms with Gasteiger partial charge in [-0.2, -0.15) is 0 Å². The highest BCUT2D eigenvalue weighted by Crippen LogP contribution is 2.47. The molecule has 0 radical (unpaired) electrons. The maximum Gasteiger partial charge on any atom is 0.230 e. The summed E-state index contributed by atoms with van der Waals surface area (Å²) in [5, 5.41) is 15.4. The third-order valence-corrected chi connectivity index (χ3v) is 6.90. The van der Waals surface area contributed by atoms with Gasteiger partial charge in [0.05, 0.1) is 5.75 Å². The van der Waals surface area contributed by atoms with Gasteiger partial charge in [0.15, 0.2) is 4.34 Å². The van der Waals surface area contributed by atoms with E-state index in [0.717, 1.165) is 22.3 Å². The summed E-state index contributed by atoms with van der Waals surface area (Å²) in [6.45, 7) is 1.42. The molecule has 0 saturated heterocycles. The van der Waals surface area contributed by atoms with Crippen molar-refractivity contribution in [3.63, 3.8) is 0 Å². The molecule has 0 atom stereocenters. The van der Waals surface area contributed by atoms with Crippen molar-refractivity contribution in [2.24, 2.45) is 0 Å². The van der Waals surface area contributed by atoms with Gasteiger partial charge >= 0.3 is 0 Å². The SMILES string of the molecule is O=C(CSc1nnc(NCc2ccccc2)s1)NCC1(c2ccccc2)CC1. The summed E-state index contributed by atoms with van der Waals surface area (Å²) < 4.78 is 0.801. The molecule has 1 aliphatic carbocycles. The molecule has 1 aliphatic rings. The Bertz CT molecular complexity index is 910. The fourth-order valence-electron chi connectivity index (χ4n) is 3.07. The number of hydrogen-bond donors (Lipinski definition) is 2. The molecule has 0 spiro atoms. The van der Waals surface area contributed by atoms with Crippen molar-refractivity contribution in [2.45, 2.75) is 29.1 Å². The number of nitrogens with zero attached hydrogens (tertiary/aromatic N) is 2. The molecule has 1 heterocycles. The molecule has 0 bridgehead atoms. The zero-order valence-electron chi connectivity index (χ0n) is 15.4. The van der Waals surface area contributed by atoms with Crippen molar-refractivity contribution in [1.82, 2.24) is 15.5 Å². The van der Waals surface area contributed by atoms with Gasteiger partial charge in [-0.1, -0.05) is 83.8 Å². The van der Waals surface area contributed by atoms with Gasteiger partial charge in [0.1, 0.15) is 0 Å². The molecule has 5 nitrogen and oxygen atoms in total. The standard InChI is InChI=1S/C21H22N4OS2/c26-18(23-15-21(11-12-21)17-9-5-2-6-10-17)14-27-20-25-24-19(28-20)22-13-16-7-3-1-4-8-16/h1-10H,11-15H2,(H,22,24)(H,23,26). The van der Waals surface area contributed by atoms with Crippen molar-refractivity contribution in [2.75, 3.05) is 17.6 Å². The van der Waals surface area contributed by atoms with E-state index in [1.54, 1.807) is 0 Å². The Kier molecular flexibility index (Phi) is 5.92. The monoisotopic (exact) mass is 410 g/mol. The number of rotatable bonds is 9. The summed E-state index contributed by atoms with van der Waals surface area (Å²) in [6, 6.07) is 20.6. The van der Waals surface area contributed by atoms with Gasteiger partial charge in [0.25, 0.3) is 0 Å². The van der Waals surface area contributed by atoms with Crippen LogP contribution < -0.4 is 10.6 Å². The molecule has 0 aliphatic heterocycles.